The van der Waals surface area contributed by atoms with Crippen molar-refractivity contribution < 1.29 is 14.2 Å². The summed E-state index contributed by atoms with van der Waals surface area (Å²) in [6.45, 7) is 1.64. The number of para-hydroxylation sites is 1. The molecule has 0 amide bonds. The molecule has 0 radical (unpaired) electrons. The molecule has 94 valence electrons. The highest BCUT2D eigenvalue weighted by Crippen LogP contribution is 2.31. The van der Waals surface area contributed by atoms with E-state index in [-0.39, 0.29) is 5.75 Å². The van der Waals surface area contributed by atoms with Crippen LogP contribution in [0.4, 0.5) is 4.39 Å². The van der Waals surface area contributed by atoms with Crippen LogP contribution in [0, 0.1) is 5.82 Å². The average molecular weight is 311 g/mol. The van der Waals surface area contributed by atoms with Gasteiger partial charge in [-0.15, -0.1) is 0 Å². The van der Waals surface area contributed by atoms with Gasteiger partial charge in [0.25, 0.3) is 0 Å². The third-order valence-electron chi connectivity index (χ3n) is 2.48. The van der Waals surface area contributed by atoms with Crippen molar-refractivity contribution in [3.63, 3.8) is 0 Å². The minimum absolute atomic E-state index is 0.131. The molecule has 0 fully saturated rings. The second-order valence-corrected chi connectivity index (χ2v) is 4.81. The summed E-state index contributed by atoms with van der Waals surface area (Å²) in [4.78, 5) is 0. The number of rotatable bonds is 3. The third-order valence-corrected chi connectivity index (χ3v) is 2.98. The number of benzene rings is 2. The fourth-order valence-corrected chi connectivity index (χ4v) is 1.93. The van der Waals surface area contributed by atoms with Crippen LogP contribution in [-0.4, -0.2) is 5.11 Å². The van der Waals surface area contributed by atoms with E-state index < -0.39 is 11.9 Å². The monoisotopic (exact) mass is 310 g/mol. The van der Waals surface area contributed by atoms with E-state index in [0.717, 1.165) is 0 Å². The van der Waals surface area contributed by atoms with E-state index in [2.05, 4.69) is 15.9 Å². The van der Waals surface area contributed by atoms with Crippen LogP contribution in [0.5, 0.6) is 11.5 Å². The summed E-state index contributed by atoms with van der Waals surface area (Å²) >= 11 is 3.18. The number of hydrogen-bond donors (Lipinski definition) is 1. The molecule has 18 heavy (non-hydrogen) atoms. The SMILES string of the molecule is CC(O)c1ccccc1Oc1ccc(Br)cc1F. The number of ether oxygens (including phenoxy) is 1. The van der Waals surface area contributed by atoms with Crippen LogP contribution < -0.4 is 4.74 Å². The maximum atomic E-state index is 13.7. The summed E-state index contributed by atoms with van der Waals surface area (Å²) < 4.78 is 19.8. The lowest BCUT2D eigenvalue weighted by atomic mass is 10.1. The molecule has 0 aliphatic carbocycles. The molecule has 1 unspecified atom stereocenters. The molecule has 0 bridgehead atoms. The second kappa shape index (κ2) is 5.50. The van der Waals surface area contributed by atoms with E-state index in [1.54, 1.807) is 37.3 Å². The summed E-state index contributed by atoms with van der Waals surface area (Å²) in [6, 6.07) is 11.6. The van der Waals surface area contributed by atoms with Crippen molar-refractivity contribution in [3.8, 4) is 11.5 Å². The Kier molecular flexibility index (Phi) is 3.99. The lowest BCUT2D eigenvalue weighted by Crippen LogP contribution is -1.96. The van der Waals surface area contributed by atoms with E-state index in [4.69, 9.17) is 4.74 Å². The zero-order valence-corrected chi connectivity index (χ0v) is 11.3. The zero-order valence-electron chi connectivity index (χ0n) is 9.73. The summed E-state index contributed by atoms with van der Waals surface area (Å²) in [5.74, 6) is 0.129. The van der Waals surface area contributed by atoms with E-state index in [9.17, 15) is 9.50 Å². The van der Waals surface area contributed by atoms with Crippen LogP contribution in [0.25, 0.3) is 0 Å². The lowest BCUT2D eigenvalue weighted by Gasteiger charge is -2.13. The largest absolute Gasteiger partial charge is 0.454 e. The van der Waals surface area contributed by atoms with Crippen molar-refractivity contribution in [2.75, 3.05) is 0 Å². The van der Waals surface area contributed by atoms with E-state index in [1.165, 1.54) is 12.1 Å². The molecule has 0 saturated carbocycles. The Bertz CT molecular complexity index is 555. The quantitative estimate of drug-likeness (QED) is 0.908. The summed E-state index contributed by atoms with van der Waals surface area (Å²) in [6.07, 6.45) is -0.667. The molecule has 2 rings (SSSR count). The predicted molar refractivity (Wildman–Crippen MR) is 71.2 cm³/mol. The first kappa shape index (κ1) is 13.1. The Balaban J connectivity index is 2.34. The molecule has 0 aliphatic rings. The smallest absolute Gasteiger partial charge is 0.166 e. The average Bonchev–Trinajstić information content (AvgIpc) is 2.33. The van der Waals surface area contributed by atoms with Gasteiger partial charge < -0.3 is 9.84 Å². The number of hydrogen-bond acceptors (Lipinski definition) is 2. The van der Waals surface area contributed by atoms with Crippen molar-refractivity contribution in [1.29, 1.82) is 0 Å². The normalized spacial score (nSPS) is 12.2. The Morgan fingerprint density at radius 1 is 1.17 bits per heavy atom. The van der Waals surface area contributed by atoms with Gasteiger partial charge in [-0.25, -0.2) is 4.39 Å². The standard InChI is InChI=1S/C14H12BrFO2/c1-9(17)11-4-2-3-5-13(11)18-14-7-6-10(15)8-12(14)16/h2-9,17H,1H3. The van der Waals surface area contributed by atoms with Gasteiger partial charge in [0, 0.05) is 10.0 Å². The number of aliphatic hydroxyl groups is 1. The molecule has 0 spiro atoms. The molecule has 1 atom stereocenters. The van der Waals surface area contributed by atoms with Gasteiger partial charge in [0.15, 0.2) is 11.6 Å². The first-order chi connectivity index (χ1) is 8.58. The highest BCUT2D eigenvalue weighted by molar-refractivity contribution is 9.10. The summed E-state index contributed by atoms with van der Waals surface area (Å²) in [7, 11) is 0. The highest BCUT2D eigenvalue weighted by atomic mass is 79.9. The molecule has 2 nitrogen and oxygen atoms in total. The highest BCUT2D eigenvalue weighted by Gasteiger charge is 2.11. The molecule has 2 aromatic rings. The van der Waals surface area contributed by atoms with Crippen molar-refractivity contribution in [3.05, 3.63) is 58.3 Å². The van der Waals surface area contributed by atoms with Crippen molar-refractivity contribution in [2.24, 2.45) is 0 Å². The summed E-state index contributed by atoms with van der Waals surface area (Å²) in [5, 5.41) is 9.61. The Morgan fingerprint density at radius 2 is 1.89 bits per heavy atom. The van der Waals surface area contributed by atoms with Crippen LogP contribution in [0.3, 0.4) is 0 Å². The van der Waals surface area contributed by atoms with Gasteiger partial charge in [-0.05, 0) is 31.2 Å². The number of aliphatic hydroxyl groups excluding tert-OH is 1. The van der Waals surface area contributed by atoms with Crippen LogP contribution >= 0.6 is 15.9 Å². The topological polar surface area (TPSA) is 29.5 Å². The molecular weight excluding hydrogens is 299 g/mol. The van der Waals surface area contributed by atoms with Gasteiger partial charge in [-0.3, -0.25) is 0 Å². The molecule has 1 N–H and O–H groups in total. The van der Waals surface area contributed by atoms with Crippen molar-refractivity contribution in [1.82, 2.24) is 0 Å². The Morgan fingerprint density at radius 3 is 2.56 bits per heavy atom. The number of halogens is 2. The summed E-state index contributed by atoms with van der Waals surface area (Å²) in [5.41, 5.74) is 0.625. The minimum Gasteiger partial charge on any atom is -0.454 e. The zero-order chi connectivity index (χ0) is 13.1. The van der Waals surface area contributed by atoms with E-state index in [1.807, 2.05) is 0 Å². The van der Waals surface area contributed by atoms with Gasteiger partial charge in [-0.2, -0.15) is 0 Å². The second-order valence-electron chi connectivity index (χ2n) is 3.89. The van der Waals surface area contributed by atoms with Crippen LogP contribution in [0.2, 0.25) is 0 Å². The fourth-order valence-electron chi connectivity index (χ4n) is 1.60. The molecule has 0 heterocycles. The predicted octanol–water partition coefficient (Wildman–Crippen LogP) is 4.43. The minimum atomic E-state index is -0.667. The van der Waals surface area contributed by atoms with Gasteiger partial charge in [0.1, 0.15) is 5.75 Å². The van der Waals surface area contributed by atoms with Crippen molar-refractivity contribution in [2.45, 2.75) is 13.0 Å². The molecular formula is C14H12BrFO2. The Hall–Kier alpha value is -1.39. The van der Waals surface area contributed by atoms with Gasteiger partial charge in [0.05, 0.1) is 6.10 Å². The Labute approximate surface area is 113 Å². The molecule has 0 aliphatic heterocycles. The molecule has 0 aromatic heterocycles. The van der Waals surface area contributed by atoms with E-state index in [0.29, 0.717) is 15.8 Å². The van der Waals surface area contributed by atoms with Crippen LogP contribution in [-0.2, 0) is 0 Å². The van der Waals surface area contributed by atoms with Gasteiger partial charge in [-0.1, -0.05) is 34.1 Å². The first-order valence-electron chi connectivity index (χ1n) is 5.48. The van der Waals surface area contributed by atoms with Gasteiger partial charge >= 0.3 is 0 Å². The van der Waals surface area contributed by atoms with Gasteiger partial charge in [0.2, 0.25) is 0 Å². The maximum Gasteiger partial charge on any atom is 0.166 e. The lowest BCUT2D eigenvalue weighted by molar-refractivity contribution is 0.195. The fraction of sp³-hybridized carbons (Fsp3) is 0.143. The van der Waals surface area contributed by atoms with E-state index >= 15 is 0 Å². The van der Waals surface area contributed by atoms with Crippen LogP contribution in [0.15, 0.2) is 46.9 Å². The first-order valence-corrected chi connectivity index (χ1v) is 6.27. The molecule has 2 aromatic carbocycles. The maximum absolute atomic E-state index is 13.7. The molecule has 0 saturated heterocycles. The van der Waals surface area contributed by atoms with Crippen LogP contribution in [0.1, 0.15) is 18.6 Å². The van der Waals surface area contributed by atoms with Crippen molar-refractivity contribution >= 4 is 15.9 Å². The third kappa shape index (κ3) is 2.89. The molecule has 4 heteroatoms.